The number of nitrogens with one attached hydrogen (secondary N) is 2. The topological polar surface area (TPSA) is 80.3 Å². The maximum absolute atomic E-state index is 12.8. The maximum Gasteiger partial charge on any atom is 0.251 e. The third-order valence-corrected chi connectivity index (χ3v) is 6.83. The maximum atomic E-state index is 12.8. The summed E-state index contributed by atoms with van der Waals surface area (Å²) < 4.78 is 5.20. The van der Waals surface area contributed by atoms with Gasteiger partial charge in [-0.15, -0.1) is 0 Å². The zero-order valence-corrected chi connectivity index (χ0v) is 21.0. The third kappa shape index (κ3) is 6.31. The fourth-order valence-electron chi connectivity index (χ4n) is 3.65. The van der Waals surface area contributed by atoms with Crippen LogP contribution in [-0.2, 0) is 13.0 Å². The van der Waals surface area contributed by atoms with Gasteiger partial charge in [0, 0.05) is 58.5 Å². The minimum atomic E-state index is -0.168. The summed E-state index contributed by atoms with van der Waals surface area (Å²) in [6, 6.07) is 24.8. The molecule has 0 bridgehead atoms. The number of hydrogen-bond donors (Lipinski definition) is 2. The molecule has 1 aromatic heterocycles. The predicted molar refractivity (Wildman–Crippen MR) is 143 cm³/mol. The number of methoxy groups -OCH3 is 1. The van der Waals surface area contributed by atoms with Gasteiger partial charge in [-0.05, 0) is 53.6 Å². The monoisotopic (exact) mass is 497 g/mol. The summed E-state index contributed by atoms with van der Waals surface area (Å²) in [5.74, 6) is 0.662. The van der Waals surface area contributed by atoms with E-state index in [1.807, 2.05) is 73.8 Å². The Bertz CT molecular complexity index is 1340. The zero-order chi connectivity index (χ0) is 25.3. The molecule has 0 aliphatic carbocycles. The van der Waals surface area contributed by atoms with E-state index in [2.05, 4.69) is 15.6 Å². The molecule has 7 heteroatoms. The fraction of sp³-hybridized carbons (Fsp3) is 0.138. The molecule has 0 radical (unpaired) electrons. The Morgan fingerprint density at radius 1 is 0.972 bits per heavy atom. The van der Waals surface area contributed by atoms with Crippen LogP contribution in [0.4, 0.5) is 5.69 Å². The number of carbonyl (C=O) groups is 2. The molecule has 0 saturated heterocycles. The first-order valence-electron chi connectivity index (χ1n) is 11.5. The number of ether oxygens (including phenoxy) is 1. The Morgan fingerprint density at radius 3 is 2.44 bits per heavy atom. The highest BCUT2D eigenvalue weighted by Gasteiger charge is 2.12. The number of pyridine rings is 1. The molecule has 3 aromatic carbocycles. The number of carbonyl (C=O) groups excluding carboxylic acids is 2. The number of amides is 1. The van der Waals surface area contributed by atoms with Gasteiger partial charge in [-0.3, -0.25) is 14.6 Å². The SMILES string of the molecule is CNc1cc(C(=O)NCc2ccc(Cc3ccc(OC)cc3)nc2)ccc1Sc1ccccc1C=O. The van der Waals surface area contributed by atoms with Crippen LogP contribution in [0.2, 0.25) is 0 Å². The lowest BCUT2D eigenvalue weighted by atomic mass is 10.1. The molecule has 36 heavy (non-hydrogen) atoms. The van der Waals surface area contributed by atoms with Crippen molar-refractivity contribution in [2.45, 2.75) is 22.8 Å². The lowest BCUT2D eigenvalue weighted by molar-refractivity contribution is 0.0950. The van der Waals surface area contributed by atoms with E-state index in [0.29, 0.717) is 17.7 Å². The van der Waals surface area contributed by atoms with Crippen LogP contribution in [0.5, 0.6) is 5.75 Å². The molecule has 0 aliphatic rings. The van der Waals surface area contributed by atoms with Crippen LogP contribution < -0.4 is 15.4 Å². The standard InChI is InChI=1S/C29H27N3O3S/c1-30-26-16-22(10-14-28(26)36-27-6-4-3-5-23(27)19-33)29(34)32-18-21-7-11-24(31-17-21)15-20-8-12-25(35-2)13-9-20/h3-14,16-17,19,30H,15,18H2,1-2H3,(H,32,34). The van der Waals surface area contributed by atoms with Crippen LogP contribution in [0.3, 0.4) is 0 Å². The minimum absolute atomic E-state index is 0.168. The van der Waals surface area contributed by atoms with Crippen molar-refractivity contribution in [1.82, 2.24) is 10.3 Å². The van der Waals surface area contributed by atoms with E-state index in [9.17, 15) is 9.59 Å². The number of aldehydes is 1. The van der Waals surface area contributed by atoms with Crippen molar-refractivity contribution < 1.29 is 14.3 Å². The first kappa shape index (κ1) is 25.0. The van der Waals surface area contributed by atoms with Gasteiger partial charge < -0.3 is 15.4 Å². The summed E-state index contributed by atoms with van der Waals surface area (Å²) in [6.45, 7) is 0.382. The Labute approximate surface area is 215 Å². The zero-order valence-electron chi connectivity index (χ0n) is 20.2. The second kappa shape index (κ2) is 12.0. The highest BCUT2D eigenvalue weighted by atomic mass is 32.2. The first-order valence-corrected chi connectivity index (χ1v) is 12.3. The first-order chi connectivity index (χ1) is 17.6. The van der Waals surface area contributed by atoms with Crippen LogP contribution in [0.15, 0.2) is 94.9 Å². The summed E-state index contributed by atoms with van der Waals surface area (Å²) >= 11 is 1.48. The van der Waals surface area contributed by atoms with E-state index in [-0.39, 0.29) is 5.91 Å². The Morgan fingerprint density at radius 2 is 1.75 bits per heavy atom. The number of nitrogens with zero attached hydrogens (tertiary/aromatic N) is 1. The summed E-state index contributed by atoms with van der Waals surface area (Å²) in [7, 11) is 3.46. The van der Waals surface area contributed by atoms with E-state index < -0.39 is 0 Å². The van der Waals surface area contributed by atoms with Gasteiger partial charge in [-0.1, -0.05) is 48.2 Å². The average Bonchev–Trinajstić information content (AvgIpc) is 2.93. The molecular weight excluding hydrogens is 470 g/mol. The third-order valence-electron chi connectivity index (χ3n) is 5.66. The largest absolute Gasteiger partial charge is 0.497 e. The van der Waals surface area contributed by atoms with Crippen molar-refractivity contribution in [2.75, 3.05) is 19.5 Å². The van der Waals surface area contributed by atoms with E-state index >= 15 is 0 Å². The second-order valence-electron chi connectivity index (χ2n) is 8.08. The van der Waals surface area contributed by atoms with Gasteiger partial charge in [0.1, 0.15) is 5.75 Å². The number of benzene rings is 3. The molecule has 182 valence electrons. The summed E-state index contributed by atoms with van der Waals surface area (Å²) in [5, 5.41) is 6.11. The van der Waals surface area contributed by atoms with Crippen molar-refractivity contribution in [3.63, 3.8) is 0 Å². The summed E-state index contributed by atoms with van der Waals surface area (Å²) in [5.41, 5.74) is 5.04. The van der Waals surface area contributed by atoms with Gasteiger partial charge >= 0.3 is 0 Å². The quantitative estimate of drug-likeness (QED) is 0.277. The van der Waals surface area contributed by atoms with Crippen LogP contribution in [-0.4, -0.2) is 31.3 Å². The Hall–Kier alpha value is -4.10. The van der Waals surface area contributed by atoms with E-state index in [1.165, 1.54) is 11.8 Å². The van der Waals surface area contributed by atoms with Crippen molar-refractivity contribution in [2.24, 2.45) is 0 Å². The molecule has 1 heterocycles. The number of rotatable bonds is 10. The molecule has 1 amide bonds. The van der Waals surface area contributed by atoms with Crippen molar-refractivity contribution >= 4 is 29.6 Å². The van der Waals surface area contributed by atoms with Crippen molar-refractivity contribution in [3.05, 3.63) is 113 Å². The lowest BCUT2D eigenvalue weighted by Gasteiger charge is -2.12. The molecule has 0 atom stereocenters. The van der Waals surface area contributed by atoms with Crippen LogP contribution in [0.1, 0.15) is 37.5 Å². The van der Waals surface area contributed by atoms with Crippen molar-refractivity contribution in [1.29, 1.82) is 0 Å². The number of hydrogen-bond acceptors (Lipinski definition) is 6. The van der Waals surface area contributed by atoms with Gasteiger partial charge in [-0.25, -0.2) is 0 Å². The minimum Gasteiger partial charge on any atom is -0.497 e. The molecule has 0 spiro atoms. The molecular formula is C29H27N3O3S. The molecule has 2 N–H and O–H groups in total. The van der Waals surface area contributed by atoms with Gasteiger partial charge in [-0.2, -0.15) is 0 Å². The number of anilines is 1. The second-order valence-corrected chi connectivity index (χ2v) is 9.17. The lowest BCUT2D eigenvalue weighted by Crippen LogP contribution is -2.23. The average molecular weight is 498 g/mol. The molecule has 0 aliphatic heterocycles. The van der Waals surface area contributed by atoms with E-state index in [1.54, 1.807) is 25.4 Å². The molecule has 0 saturated carbocycles. The number of aromatic nitrogens is 1. The highest BCUT2D eigenvalue weighted by molar-refractivity contribution is 7.99. The molecule has 4 aromatic rings. The summed E-state index contributed by atoms with van der Waals surface area (Å²) in [4.78, 5) is 30.5. The molecule has 4 rings (SSSR count). The predicted octanol–water partition coefficient (Wildman–Crippen LogP) is 5.62. The van der Waals surface area contributed by atoms with Crippen LogP contribution in [0, 0.1) is 0 Å². The Kier molecular flexibility index (Phi) is 8.36. The van der Waals surface area contributed by atoms with E-state index in [0.717, 1.165) is 50.8 Å². The van der Waals surface area contributed by atoms with E-state index in [4.69, 9.17) is 4.74 Å². The van der Waals surface area contributed by atoms with Gasteiger partial charge in [0.15, 0.2) is 6.29 Å². The molecule has 0 unspecified atom stereocenters. The van der Waals surface area contributed by atoms with Crippen LogP contribution in [0.25, 0.3) is 0 Å². The van der Waals surface area contributed by atoms with Gasteiger partial charge in [0.2, 0.25) is 0 Å². The Balaban J connectivity index is 1.36. The van der Waals surface area contributed by atoms with Crippen molar-refractivity contribution in [3.8, 4) is 5.75 Å². The molecule has 0 fully saturated rings. The highest BCUT2D eigenvalue weighted by Crippen LogP contribution is 2.35. The normalized spacial score (nSPS) is 10.5. The smallest absolute Gasteiger partial charge is 0.251 e. The molecule has 6 nitrogen and oxygen atoms in total. The summed E-state index contributed by atoms with van der Waals surface area (Å²) in [6.07, 6.45) is 3.37. The van der Waals surface area contributed by atoms with Crippen LogP contribution >= 0.6 is 11.8 Å². The van der Waals surface area contributed by atoms with Gasteiger partial charge in [0.25, 0.3) is 5.91 Å². The van der Waals surface area contributed by atoms with Gasteiger partial charge in [0.05, 0.1) is 7.11 Å². The fourth-order valence-corrected chi connectivity index (χ4v) is 4.67.